The van der Waals surface area contributed by atoms with Crippen LogP contribution in [0.3, 0.4) is 0 Å². The normalized spacial score (nSPS) is 60.9. The third-order valence-electron chi connectivity index (χ3n) is 12.4. The summed E-state index contributed by atoms with van der Waals surface area (Å²) >= 11 is 0. The molecular weight excluding hydrogens is 382 g/mol. The van der Waals surface area contributed by atoms with Crippen LogP contribution >= 0.6 is 0 Å². The van der Waals surface area contributed by atoms with E-state index in [9.17, 15) is 0 Å². The molecule has 1 N–H and O–H groups in total. The standard InChI is InChI=1S/C28H47NO2/c1-17-8-13-28(29-16-17)18(2)25-24(31-28)15-23-21-7-6-19-14-20(30-5)9-11-26(19,3)22(21)10-12-27(23,25)4/h17-25,29H,6-16H2,1-5H3/t17-,18-,19-,20-,21+,22-,23-,24-,25-,26-,27-,28-/m0/s1. The fourth-order valence-corrected chi connectivity index (χ4v) is 10.6. The molecule has 2 heterocycles. The van der Waals surface area contributed by atoms with Gasteiger partial charge in [-0.25, -0.2) is 0 Å². The van der Waals surface area contributed by atoms with Crippen LogP contribution in [0.5, 0.6) is 0 Å². The Morgan fingerprint density at radius 2 is 1.68 bits per heavy atom. The molecular formula is C28H47NO2. The lowest BCUT2D eigenvalue weighted by molar-refractivity contribution is -0.142. The van der Waals surface area contributed by atoms with E-state index in [2.05, 4.69) is 33.0 Å². The molecule has 0 aromatic heterocycles. The molecule has 0 amide bonds. The van der Waals surface area contributed by atoms with Crippen molar-refractivity contribution in [3.63, 3.8) is 0 Å². The number of nitrogens with one attached hydrogen (secondary N) is 1. The van der Waals surface area contributed by atoms with Crippen LogP contribution in [0.4, 0.5) is 0 Å². The summed E-state index contributed by atoms with van der Waals surface area (Å²) < 4.78 is 12.9. The van der Waals surface area contributed by atoms with E-state index in [-0.39, 0.29) is 5.72 Å². The summed E-state index contributed by atoms with van der Waals surface area (Å²) in [5.41, 5.74) is 1.03. The van der Waals surface area contributed by atoms with Gasteiger partial charge in [0.15, 0.2) is 0 Å². The summed E-state index contributed by atoms with van der Waals surface area (Å²) in [5.74, 6) is 5.88. The minimum absolute atomic E-state index is 0.0190. The minimum atomic E-state index is -0.0190. The number of hydrogen-bond donors (Lipinski definition) is 1. The highest BCUT2D eigenvalue weighted by Crippen LogP contribution is 2.71. The predicted octanol–water partition coefficient (Wildman–Crippen LogP) is 6.02. The van der Waals surface area contributed by atoms with E-state index < -0.39 is 0 Å². The number of rotatable bonds is 1. The van der Waals surface area contributed by atoms with Crippen LogP contribution in [0, 0.1) is 52.3 Å². The molecule has 4 saturated carbocycles. The van der Waals surface area contributed by atoms with Crippen molar-refractivity contribution in [3.05, 3.63) is 0 Å². The number of piperidine rings is 1. The lowest BCUT2D eigenvalue weighted by atomic mass is 9.44. The number of fused-ring (bicyclic) bond motifs is 7. The molecule has 4 aliphatic carbocycles. The highest BCUT2D eigenvalue weighted by Gasteiger charge is 2.68. The highest BCUT2D eigenvalue weighted by molar-refractivity contribution is 5.16. The second-order valence-electron chi connectivity index (χ2n) is 13.5. The van der Waals surface area contributed by atoms with Gasteiger partial charge < -0.3 is 9.47 Å². The van der Waals surface area contributed by atoms with Crippen molar-refractivity contribution in [1.29, 1.82) is 0 Å². The number of methoxy groups -OCH3 is 1. The first-order valence-electron chi connectivity index (χ1n) is 13.8. The molecule has 0 aromatic carbocycles. The minimum Gasteiger partial charge on any atom is -0.381 e. The topological polar surface area (TPSA) is 30.5 Å². The Hall–Kier alpha value is -0.120. The zero-order valence-corrected chi connectivity index (χ0v) is 20.8. The maximum atomic E-state index is 7.04. The van der Waals surface area contributed by atoms with E-state index >= 15 is 0 Å². The van der Waals surface area contributed by atoms with E-state index in [1.54, 1.807) is 0 Å². The van der Waals surface area contributed by atoms with Crippen LogP contribution < -0.4 is 5.32 Å². The van der Waals surface area contributed by atoms with Gasteiger partial charge in [-0.2, -0.15) is 0 Å². The number of hydrogen-bond acceptors (Lipinski definition) is 3. The molecule has 2 aliphatic heterocycles. The third-order valence-corrected chi connectivity index (χ3v) is 12.4. The largest absolute Gasteiger partial charge is 0.381 e. The van der Waals surface area contributed by atoms with E-state index in [1.165, 1.54) is 64.2 Å². The molecule has 1 spiro atoms. The average molecular weight is 430 g/mol. The highest BCUT2D eigenvalue weighted by atomic mass is 16.5. The molecule has 3 nitrogen and oxygen atoms in total. The summed E-state index contributed by atoms with van der Waals surface area (Å²) in [7, 11) is 1.93. The quantitative estimate of drug-likeness (QED) is 0.553. The summed E-state index contributed by atoms with van der Waals surface area (Å²) in [6.07, 6.45) is 14.7. The van der Waals surface area contributed by atoms with E-state index in [1.807, 2.05) is 7.11 Å². The first-order chi connectivity index (χ1) is 14.8. The van der Waals surface area contributed by atoms with Gasteiger partial charge in [-0.05, 0) is 111 Å². The summed E-state index contributed by atoms with van der Waals surface area (Å²) in [6.45, 7) is 11.4. The molecule has 2 saturated heterocycles. The van der Waals surface area contributed by atoms with Gasteiger partial charge in [0.2, 0.25) is 0 Å². The molecule has 6 fully saturated rings. The Balaban J connectivity index is 1.24. The van der Waals surface area contributed by atoms with Gasteiger partial charge in [0.05, 0.1) is 12.2 Å². The Morgan fingerprint density at radius 3 is 2.42 bits per heavy atom. The lowest BCUT2D eigenvalue weighted by Gasteiger charge is -2.61. The molecule has 6 rings (SSSR count). The van der Waals surface area contributed by atoms with Crippen LogP contribution in [0.1, 0.15) is 91.9 Å². The van der Waals surface area contributed by atoms with Crippen LogP contribution in [0.2, 0.25) is 0 Å². The summed E-state index contributed by atoms with van der Waals surface area (Å²) in [6, 6.07) is 0. The Bertz CT molecular complexity index is 701. The van der Waals surface area contributed by atoms with Crippen molar-refractivity contribution in [3.8, 4) is 0 Å². The van der Waals surface area contributed by atoms with Crippen molar-refractivity contribution in [2.24, 2.45) is 52.3 Å². The van der Waals surface area contributed by atoms with Gasteiger partial charge in [0.1, 0.15) is 5.72 Å². The van der Waals surface area contributed by atoms with Gasteiger partial charge in [0, 0.05) is 19.6 Å². The van der Waals surface area contributed by atoms with E-state index in [0.29, 0.717) is 29.0 Å². The monoisotopic (exact) mass is 429 g/mol. The fourth-order valence-electron chi connectivity index (χ4n) is 10.6. The molecule has 12 atom stereocenters. The molecule has 3 heteroatoms. The van der Waals surface area contributed by atoms with E-state index in [4.69, 9.17) is 9.47 Å². The van der Waals surface area contributed by atoms with Gasteiger partial charge in [0.25, 0.3) is 0 Å². The lowest BCUT2D eigenvalue weighted by Crippen LogP contribution is -2.57. The van der Waals surface area contributed by atoms with Gasteiger partial charge in [-0.1, -0.05) is 27.7 Å². The molecule has 31 heavy (non-hydrogen) atoms. The second kappa shape index (κ2) is 7.19. The Kier molecular flexibility index (Phi) is 4.97. The van der Waals surface area contributed by atoms with Gasteiger partial charge >= 0.3 is 0 Å². The first kappa shape index (κ1) is 21.4. The fraction of sp³-hybridized carbons (Fsp3) is 1.00. The van der Waals surface area contributed by atoms with Crippen molar-refractivity contribution in [2.75, 3.05) is 13.7 Å². The van der Waals surface area contributed by atoms with Crippen LogP contribution in [-0.4, -0.2) is 31.6 Å². The van der Waals surface area contributed by atoms with Crippen LogP contribution in [0.15, 0.2) is 0 Å². The third kappa shape index (κ3) is 2.88. The molecule has 6 aliphatic rings. The molecule has 0 unspecified atom stereocenters. The average Bonchev–Trinajstić information content (AvgIpc) is 3.20. The smallest absolute Gasteiger partial charge is 0.122 e. The van der Waals surface area contributed by atoms with Crippen LogP contribution in [0.25, 0.3) is 0 Å². The van der Waals surface area contributed by atoms with Crippen molar-refractivity contribution >= 4 is 0 Å². The van der Waals surface area contributed by atoms with Crippen molar-refractivity contribution in [1.82, 2.24) is 5.32 Å². The molecule has 0 aromatic rings. The molecule has 0 bridgehead atoms. The first-order valence-corrected chi connectivity index (χ1v) is 13.8. The zero-order valence-electron chi connectivity index (χ0n) is 20.8. The summed E-state index contributed by atoms with van der Waals surface area (Å²) in [5, 5.41) is 3.91. The van der Waals surface area contributed by atoms with Gasteiger partial charge in [-0.3, -0.25) is 5.32 Å². The maximum Gasteiger partial charge on any atom is 0.122 e. The SMILES string of the molecule is CO[C@H]1CC[C@@]2(C)[C@@H](CC[C@@H]3[C@@H]2CC[C@]2(C)[C@@H]4[C@H](C[C@@H]32)O[C@@]2(CC[C@H](C)CN2)[C@H]4C)C1. The Morgan fingerprint density at radius 1 is 0.871 bits per heavy atom. The van der Waals surface area contributed by atoms with Crippen molar-refractivity contribution < 1.29 is 9.47 Å². The van der Waals surface area contributed by atoms with Crippen molar-refractivity contribution in [2.45, 2.75) is 110 Å². The van der Waals surface area contributed by atoms with Crippen LogP contribution in [-0.2, 0) is 9.47 Å². The zero-order chi connectivity index (χ0) is 21.6. The number of ether oxygens (including phenoxy) is 2. The molecule has 176 valence electrons. The molecule has 0 radical (unpaired) electrons. The predicted molar refractivity (Wildman–Crippen MR) is 125 cm³/mol. The maximum absolute atomic E-state index is 7.04. The second-order valence-corrected chi connectivity index (χ2v) is 13.5. The summed E-state index contributed by atoms with van der Waals surface area (Å²) in [4.78, 5) is 0. The Labute approximate surface area is 190 Å². The van der Waals surface area contributed by atoms with Gasteiger partial charge in [-0.15, -0.1) is 0 Å². The van der Waals surface area contributed by atoms with E-state index in [0.717, 1.165) is 42.1 Å².